The van der Waals surface area contributed by atoms with E-state index in [9.17, 15) is 29.0 Å². The molecular formula is C30H42FN3O5. The Morgan fingerprint density at radius 3 is 2.15 bits per heavy atom. The Kier molecular flexibility index (Phi) is 12.4. The third-order valence-corrected chi connectivity index (χ3v) is 6.56. The Balaban J connectivity index is 2.27. The predicted molar refractivity (Wildman–Crippen MR) is 149 cm³/mol. The molecule has 0 unspecified atom stereocenters. The predicted octanol–water partition coefficient (Wildman–Crippen LogP) is 3.71. The number of carbonyl (C=O) groups is 3. The lowest BCUT2D eigenvalue weighted by molar-refractivity contribution is -0.129. The van der Waals surface area contributed by atoms with Crippen molar-refractivity contribution < 1.29 is 29.0 Å². The summed E-state index contributed by atoms with van der Waals surface area (Å²) in [6.45, 7) is 9.18. The van der Waals surface area contributed by atoms with Gasteiger partial charge in [-0.15, -0.1) is 0 Å². The van der Waals surface area contributed by atoms with Crippen LogP contribution >= 0.6 is 0 Å². The molecule has 4 atom stereocenters. The number of halogens is 1. The van der Waals surface area contributed by atoms with E-state index in [1.165, 1.54) is 13.0 Å². The van der Waals surface area contributed by atoms with Gasteiger partial charge in [0.05, 0.1) is 17.7 Å². The first kappa shape index (κ1) is 31.8. The number of aliphatic hydroxyl groups is 1. The van der Waals surface area contributed by atoms with E-state index in [1.807, 2.05) is 44.2 Å². The second-order valence-corrected chi connectivity index (χ2v) is 10.8. The van der Waals surface area contributed by atoms with E-state index in [-0.39, 0.29) is 29.7 Å². The molecule has 39 heavy (non-hydrogen) atoms. The zero-order chi connectivity index (χ0) is 29.1. The van der Waals surface area contributed by atoms with Gasteiger partial charge < -0.3 is 26.2 Å². The van der Waals surface area contributed by atoms with Crippen LogP contribution in [0.25, 0.3) is 0 Å². The number of phenolic OH excluding ortho intramolecular Hbond substituents is 1. The minimum atomic E-state index is -1.06. The smallest absolute Gasteiger partial charge is 0.255 e. The molecule has 0 radical (unpaired) electrons. The van der Waals surface area contributed by atoms with Gasteiger partial charge in [-0.05, 0) is 55.2 Å². The number of phenols is 1. The summed E-state index contributed by atoms with van der Waals surface area (Å²) in [4.78, 5) is 37.8. The van der Waals surface area contributed by atoms with E-state index >= 15 is 0 Å². The fraction of sp³-hybridized carbons (Fsp3) is 0.500. The van der Waals surface area contributed by atoms with Crippen molar-refractivity contribution in [2.75, 3.05) is 0 Å². The average Bonchev–Trinajstić information content (AvgIpc) is 2.85. The van der Waals surface area contributed by atoms with E-state index in [1.54, 1.807) is 0 Å². The number of aromatic hydroxyl groups is 1. The van der Waals surface area contributed by atoms with Crippen molar-refractivity contribution in [1.29, 1.82) is 0 Å². The first-order chi connectivity index (χ1) is 18.4. The highest BCUT2D eigenvalue weighted by Crippen LogP contribution is 2.20. The third-order valence-electron chi connectivity index (χ3n) is 6.56. The molecule has 5 N–H and O–H groups in total. The van der Waals surface area contributed by atoms with E-state index in [4.69, 9.17) is 0 Å². The number of hydrogen-bond donors (Lipinski definition) is 5. The number of rotatable bonds is 14. The number of nitrogens with one attached hydrogen (secondary N) is 3. The quantitative estimate of drug-likeness (QED) is 0.248. The van der Waals surface area contributed by atoms with Crippen LogP contribution in [0.1, 0.15) is 69.8 Å². The van der Waals surface area contributed by atoms with E-state index in [0.29, 0.717) is 18.8 Å². The zero-order valence-electron chi connectivity index (χ0n) is 23.4. The highest BCUT2D eigenvalue weighted by atomic mass is 19.1. The molecule has 9 heteroatoms. The van der Waals surface area contributed by atoms with E-state index in [2.05, 4.69) is 29.8 Å². The summed E-state index contributed by atoms with van der Waals surface area (Å²) >= 11 is 0. The van der Waals surface area contributed by atoms with Crippen LogP contribution in [0.5, 0.6) is 5.75 Å². The van der Waals surface area contributed by atoms with E-state index in [0.717, 1.165) is 24.1 Å². The molecule has 8 nitrogen and oxygen atoms in total. The molecule has 0 aliphatic rings. The normalized spacial score (nSPS) is 14.4. The van der Waals surface area contributed by atoms with Gasteiger partial charge in [0.2, 0.25) is 11.8 Å². The Morgan fingerprint density at radius 1 is 0.923 bits per heavy atom. The molecule has 0 saturated carbocycles. The molecule has 2 rings (SSSR count). The minimum Gasteiger partial charge on any atom is -0.507 e. The summed E-state index contributed by atoms with van der Waals surface area (Å²) in [5, 5.41) is 29.9. The largest absolute Gasteiger partial charge is 0.507 e. The van der Waals surface area contributed by atoms with Crippen molar-refractivity contribution in [3.63, 3.8) is 0 Å². The molecule has 0 fully saturated rings. The standard InChI is InChI=1S/C30H42FN3O5/c1-18(2)11-13-23(33-30(39)28(19(3)4)32-20(5)35)17-27(37)25(15-21-9-7-6-8-10-21)34-29(38)24-14-12-22(31)16-26(24)36/h6-10,12,14,16,18-19,23,25,27-28,36-37H,11,13,15,17H2,1-5H3,(H,32,35)(H,33,39)(H,34,38)/t23-,25-,27-,28-/m0/s1. The van der Waals surface area contributed by atoms with E-state index < -0.39 is 41.7 Å². The number of hydrogen-bond acceptors (Lipinski definition) is 5. The molecule has 0 heterocycles. The van der Waals surface area contributed by atoms with Gasteiger partial charge in [-0.1, -0.05) is 58.0 Å². The lowest BCUT2D eigenvalue weighted by Gasteiger charge is -2.30. The lowest BCUT2D eigenvalue weighted by Crippen LogP contribution is -2.53. The van der Waals surface area contributed by atoms with Crippen molar-refractivity contribution in [1.82, 2.24) is 16.0 Å². The molecule has 0 spiro atoms. The maximum atomic E-state index is 13.5. The van der Waals surface area contributed by atoms with Crippen molar-refractivity contribution in [2.24, 2.45) is 11.8 Å². The van der Waals surface area contributed by atoms with Crippen molar-refractivity contribution >= 4 is 17.7 Å². The Morgan fingerprint density at radius 2 is 1.59 bits per heavy atom. The minimum absolute atomic E-state index is 0.110. The molecule has 0 aliphatic carbocycles. The summed E-state index contributed by atoms with van der Waals surface area (Å²) in [5.74, 6) is -2.25. The maximum absolute atomic E-state index is 13.5. The van der Waals surface area contributed by atoms with Crippen molar-refractivity contribution in [3.8, 4) is 5.75 Å². The van der Waals surface area contributed by atoms with Gasteiger partial charge in [0.15, 0.2) is 0 Å². The van der Waals surface area contributed by atoms with Crippen molar-refractivity contribution in [2.45, 2.75) is 84.5 Å². The fourth-order valence-electron chi connectivity index (χ4n) is 4.38. The zero-order valence-corrected chi connectivity index (χ0v) is 23.4. The third kappa shape index (κ3) is 10.7. The molecule has 0 aromatic heterocycles. The van der Waals surface area contributed by atoms with Crippen molar-refractivity contribution in [3.05, 3.63) is 65.5 Å². The summed E-state index contributed by atoms with van der Waals surface area (Å²) in [6.07, 6.45) is 0.768. The lowest BCUT2D eigenvalue weighted by atomic mass is 9.92. The molecule has 2 aromatic carbocycles. The van der Waals surface area contributed by atoms with Gasteiger partial charge in [-0.25, -0.2) is 4.39 Å². The molecule has 2 aromatic rings. The number of amides is 3. The summed E-state index contributed by atoms with van der Waals surface area (Å²) in [7, 11) is 0. The summed E-state index contributed by atoms with van der Waals surface area (Å²) in [5.41, 5.74) is 0.764. The average molecular weight is 544 g/mol. The molecule has 0 saturated heterocycles. The number of benzene rings is 2. The van der Waals surface area contributed by atoms with Crippen LogP contribution in [0.15, 0.2) is 48.5 Å². The summed E-state index contributed by atoms with van der Waals surface area (Å²) < 4.78 is 13.5. The second kappa shape index (κ2) is 15.2. The Bertz CT molecular complexity index is 1090. The first-order valence-corrected chi connectivity index (χ1v) is 13.5. The highest BCUT2D eigenvalue weighted by molar-refractivity contribution is 5.97. The fourth-order valence-corrected chi connectivity index (χ4v) is 4.38. The number of carbonyl (C=O) groups excluding carboxylic acids is 3. The highest BCUT2D eigenvalue weighted by Gasteiger charge is 2.30. The first-order valence-electron chi connectivity index (χ1n) is 13.5. The van der Waals surface area contributed by atoms with Crippen LogP contribution < -0.4 is 16.0 Å². The molecule has 0 aliphatic heterocycles. The van der Waals surface area contributed by atoms with Gasteiger partial charge in [-0.3, -0.25) is 14.4 Å². The molecule has 0 bridgehead atoms. The van der Waals surface area contributed by atoms with Gasteiger partial charge in [0.25, 0.3) is 5.91 Å². The summed E-state index contributed by atoms with van der Waals surface area (Å²) in [6, 6.07) is 10.5. The monoisotopic (exact) mass is 543 g/mol. The van der Waals surface area contributed by atoms with Crippen LogP contribution in [-0.4, -0.2) is 52.2 Å². The topological polar surface area (TPSA) is 128 Å². The second-order valence-electron chi connectivity index (χ2n) is 10.8. The molecule has 214 valence electrons. The van der Waals surface area contributed by atoms with Gasteiger partial charge in [0, 0.05) is 19.0 Å². The molecular weight excluding hydrogens is 501 g/mol. The number of aliphatic hydroxyl groups excluding tert-OH is 1. The van der Waals surface area contributed by atoms with Gasteiger partial charge in [0.1, 0.15) is 17.6 Å². The van der Waals surface area contributed by atoms with Crippen LogP contribution in [-0.2, 0) is 16.0 Å². The van der Waals surface area contributed by atoms with Gasteiger partial charge in [-0.2, -0.15) is 0 Å². The molecule has 3 amide bonds. The van der Waals surface area contributed by atoms with Crippen LogP contribution in [0, 0.1) is 17.7 Å². The SMILES string of the molecule is CC(=O)N[C@H](C(=O)N[C@@H](CCC(C)C)C[C@H](O)[C@H](Cc1ccccc1)NC(=O)c1ccc(F)cc1O)C(C)C. The van der Waals surface area contributed by atoms with Crippen LogP contribution in [0.3, 0.4) is 0 Å². The van der Waals surface area contributed by atoms with Crippen LogP contribution in [0.4, 0.5) is 4.39 Å². The van der Waals surface area contributed by atoms with Gasteiger partial charge >= 0.3 is 0 Å². The van der Waals surface area contributed by atoms with Crippen LogP contribution in [0.2, 0.25) is 0 Å². The maximum Gasteiger partial charge on any atom is 0.255 e. The Labute approximate surface area is 230 Å². The Hall–Kier alpha value is -3.46.